The molecule has 0 unspecified atom stereocenters. The van der Waals surface area contributed by atoms with E-state index in [1.54, 1.807) is 102 Å². The molecule has 0 spiro atoms. The summed E-state index contributed by atoms with van der Waals surface area (Å²) in [6, 6.07) is 26.6. The van der Waals surface area contributed by atoms with Gasteiger partial charge in [0.1, 0.15) is 29.1 Å². The normalized spacial score (nSPS) is 12.7. The van der Waals surface area contributed by atoms with Crippen molar-refractivity contribution in [1.82, 2.24) is 4.90 Å². The lowest BCUT2D eigenvalue weighted by Crippen LogP contribution is -2.41. The van der Waals surface area contributed by atoms with Crippen molar-refractivity contribution in [3.05, 3.63) is 119 Å². The van der Waals surface area contributed by atoms with Gasteiger partial charge in [0.2, 0.25) is 0 Å². The van der Waals surface area contributed by atoms with Crippen LogP contribution in [-0.4, -0.2) is 61.1 Å². The summed E-state index contributed by atoms with van der Waals surface area (Å²) in [5.41, 5.74) is 1.61. The quantitative estimate of drug-likeness (QED) is 0.0328. The van der Waals surface area contributed by atoms with Gasteiger partial charge in [0.25, 0.3) is 5.91 Å². The molecule has 0 N–H and O–H groups in total. The zero-order valence-electron chi connectivity index (χ0n) is 37.5. The Balaban J connectivity index is 0.956. The number of carbonyl (C=O) groups is 4. The fourth-order valence-electron chi connectivity index (χ4n) is 7.46. The van der Waals surface area contributed by atoms with E-state index in [1.165, 1.54) is 77.0 Å². The number of ether oxygens (including phenoxy) is 5. The highest BCUT2D eigenvalue weighted by Crippen LogP contribution is 2.23. The molecule has 1 aliphatic heterocycles. The van der Waals surface area contributed by atoms with Crippen LogP contribution < -0.4 is 18.9 Å². The first-order valence-electron chi connectivity index (χ1n) is 23.4. The van der Waals surface area contributed by atoms with Crippen LogP contribution in [0, 0.1) is 0 Å². The van der Waals surface area contributed by atoms with Gasteiger partial charge in [-0.05, 0) is 110 Å². The summed E-state index contributed by atoms with van der Waals surface area (Å²) in [6.45, 7) is 6.62. The Morgan fingerprint density at radius 2 is 0.762 bits per heavy atom. The second kappa shape index (κ2) is 27.4. The van der Waals surface area contributed by atoms with Gasteiger partial charge < -0.3 is 28.6 Å². The molecule has 10 heteroatoms. The number of hydrogen-bond acceptors (Lipinski definition) is 9. The van der Waals surface area contributed by atoms with E-state index >= 15 is 0 Å². The van der Waals surface area contributed by atoms with Crippen molar-refractivity contribution in [3.63, 3.8) is 0 Å². The first kappa shape index (κ1) is 48.4. The van der Waals surface area contributed by atoms with Gasteiger partial charge in [0.05, 0.1) is 29.9 Å². The fraction of sp³-hybridized carbons (Fsp3) is 0.472. The van der Waals surface area contributed by atoms with Crippen molar-refractivity contribution in [3.8, 4) is 23.0 Å². The third kappa shape index (κ3) is 17.2. The van der Waals surface area contributed by atoms with E-state index in [4.69, 9.17) is 23.7 Å². The zero-order valence-corrected chi connectivity index (χ0v) is 37.5. The van der Waals surface area contributed by atoms with Crippen LogP contribution in [0.15, 0.2) is 97.1 Å². The molecule has 1 aliphatic rings. The highest BCUT2D eigenvalue weighted by atomic mass is 16.5. The molecule has 1 heterocycles. The van der Waals surface area contributed by atoms with Gasteiger partial charge in [0.15, 0.2) is 0 Å². The lowest BCUT2D eigenvalue weighted by atomic mass is 10.1. The van der Waals surface area contributed by atoms with Gasteiger partial charge in [-0.3, -0.25) is 4.79 Å². The predicted octanol–water partition coefficient (Wildman–Crippen LogP) is 12.6. The van der Waals surface area contributed by atoms with Crippen molar-refractivity contribution in [2.75, 3.05) is 26.3 Å². The Hall–Kier alpha value is -5.64. The molecule has 1 fully saturated rings. The van der Waals surface area contributed by atoms with E-state index in [0.29, 0.717) is 78.6 Å². The Bertz CT molecular complexity index is 1950. The number of esters is 3. The Kier molecular flexibility index (Phi) is 21.1. The lowest BCUT2D eigenvalue weighted by Gasteiger charge is -2.31. The van der Waals surface area contributed by atoms with Gasteiger partial charge in [-0.1, -0.05) is 104 Å². The number of unbranched alkanes of at least 4 members (excludes halogenated alkanes) is 14. The number of rotatable bonds is 27. The summed E-state index contributed by atoms with van der Waals surface area (Å²) in [4.78, 5) is 53.5. The molecule has 0 radical (unpaired) electrons. The van der Waals surface area contributed by atoms with Crippen molar-refractivity contribution < 1.29 is 42.9 Å². The maximum absolute atomic E-state index is 13.3. The van der Waals surface area contributed by atoms with E-state index in [0.717, 1.165) is 31.4 Å². The number of piperidine rings is 1. The molecular formula is C53H67NO9. The van der Waals surface area contributed by atoms with E-state index in [1.807, 2.05) is 0 Å². The molecule has 4 aromatic rings. The van der Waals surface area contributed by atoms with Crippen molar-refractivity contribution in [1.29, 1.82) is 0 Å². The first-order chi connectivity index (χ1) is 30.8. The number of benzene rings is 4. The monoisotopic (exact) mass is 861 g/mol. The van der Waals surface area contributed by atoms with Crippen LogP contribution >= 0.6 is 0 Å². The van der Waals surface area contributed by atoms with E-state index in [-0.39, 0.29) is 12.0 Å². The number of hydrogen-bond donors (Lipinski definition) is 0. The summed E-state index contributed by atoms with van der Waals surface area (Å²) >= 11 is 0. The van der Waals surface area contributed by atoms with E-state index < -0.39 is 17.9 Å². The molecule has 0 bridgehead atoms. The van der Waals surface area contributed by atoms with Gasteiger partial charge >= 0.3 is 17.9 Å². The molecule has 63 heavy (non-hydrogen) atoms. The smallest absolute Gasteiger partial charge is 0.343 e. The molecular weight excluding hydrogens is 795 g/mol. The van der Waals surface area contributed by atoms with Crippen LogP contribution in [0.1, 0.15) is 171 Å². The predicted molar refractivity (Wildman–Crippen MR) is 246 cm³/mol. The molecule has 5 rings (SSSR count). The highest BCUT2D eigenvalue weighted by Gasteiger charge is 2.26. The van der Waals surface area contributed by atoms with Crippen LogP contribution in [0.3, 0.4) is 0 Å². The largest absolute Gasteiger partial charge is 0.494 e. The Morgan fingerprint density at radius 1 is 0.429 bits per heavy atom. The average molecular weight is 862 g/mol. The summed E-state index contributed by atoms with van der Waals surface area (Å²) < 4.78 is 28.6. The lowest BCUT2D eigenvalue weighted by molar-refractivity contribution is 0.0120. The maximum Gasteiger partial charge on any atom is 0.343 e. The Morgan fingerprint density at radius 3 is 1.16 bits per heavy atom. The minimum Gasteiger partial charge on any atom is -0.494 e. The van der Waals surface area contributed by atoms with Crippen molar-refractivity contribution >= 4 is 23.8 Å². The number of carbonyl (C=O) groups excluding carboxylic acids is 4. The molecule has 338 valence electrons. The fourth-order valence-corrected chi connectivity index (χ4v) is 7.46. The highest BCUT2D eigenvalue weighted by molar-refractivity contribution is 5.95. The molecule has 0 aromatic heterocycles. The van der Waals surface area contributed by atoms with Crippen molar-refractivity contribution in [2.24, 2.45) is 0 Å². The standard InChI is InChI=1S/C53H67NO9/c1-3-5-7-9-11-13-15-17-39-59-45-27-21-42(22-28-45)51(56)61-47-31-19-41(20-32-47)50(55)54-37-35-49(36-38-54)63-53(58)44-25-33-48(34-26-44)62-52(57)43-23-29-46(30-24-43)60-40-18-16-14-12-10-8-6-4-2/h19-34,49H,3-18,35-40H2,1-2H3. The third-order valence-electron chi connectivity index (χ3n) is 11.3. The summed E-state index contributed by atoms with van der Waals surface area (Å²) in [5, 5.41) is 0. The zero-order chi connectivity index (χ0) is 44.5. The SMILES string of the molecule is CCCCCCCCCCOc1ccc(C(=O)Oc2ccc(C(=O)OC3CCN(C(=O)c4ccc(OC(=O)c5ccc(OCCCCCCCCCC)cc5)cc4)CC3)cc2)cc1. The topological polar surface area (TPSA) is 118 Å². The molecule has 0 saturated carbocycles. The number of amides is 1. The van der Waals surface area contributed by atoms with E-state index in [9.17, 15) is 19.2 Å². The molecule has 4 aromatic carbocycles. The van der Waals surface area contributed by atoms with Gasteiger partial charge in [-0.2, -0.15) is 0 Å². The van der Waals surface area contributed by atoms with Crippen LogP contribution in [0.4, 0.5) is 0 Å². The van der Waals surface area contributed by atoms with Gasteiger partial charge in [-0.15, -0.1) is 0 Å². The second-order valence-corrected chi connectivity index (χ2v) is 16.4. The maximum atomic E-state index is 13.3. The summed E-state index contributed by atoms with van der Waals surface area (Å²) in [6.07, 6.45) is 20.5. The minimum atomic E-state index is -0.507. The first-order valence-corrected chi connectivity index (χ1v) is 23.4. The van der Waals surface area contributed by atoms with Crippen molar-refractivity contribution in [2.45, 2.75) is 136 Å². The molecule has 0 aliphatic carbocycles. The molecule has 0 atom stereocenters. The third-order valence-corrected chi connectivity index (χ3v) is 11.3. The average Bonchev–Trinajstić information content (AvgIpc) is 3.31. The van der Waals surface area contributed by atoms with Gasteiger partial charge in [0, 0.05) is 31.5 Å². The van der Waals surface area contributed by atoms with E-state index in [2.05, 4.69) is 13.8 Å². The minimum absolute atomic E-state index is 0.149. The Labute approximate surface area is 374 Å². The number of likely N-dealkylation sites (tertiary alicyclic amines) is 1. The second-order valence-electron chi connectivity index (χ2n) is 16.4. The van der Waals surface area contributed by atoms with Crippen LogP contribution in [0.2, 0.25) is 0 Å². The molecule has 1 saturated heterocycles. The summed E-state index contributed by atoms with van der Waals surface area (Å²) in [5.74, 6) is 0.451. The number of nitrogens with zero attached hydrogens (tertiary/aromatic N) is 1. The van der Waals surface area contributed by atoms with Gasteiger partial charge in [-0.25, -0.2) is 14.4 Å². The van der Waals surface area contributed by atoms with Crippen LogP contribution in [-0.2, 0) is 4.74 Å². The molecule has 10 nitrogen and oxygen atoms in total. The summed E-state index contributed by atoms with van der Waals surface area (Å²) in [7, 11) is 0. The molecule has 1 amide bonds. The van der Waals surface area contributed by atoms with Crippen LogP contribution in [0.25, 0.3) is 0 Å². The van der Waals surface area contributed by atoms with Crippen LogP contribution in [0.5, 0.6) is 23.0 Å².